The predicted molar refractivity (Wildman–Crippen MR) is 126 cm³/mol. The zero-order valence-electron chi connectivity index (χ0n) is 18.4. The summed E-state index contributed by atoms with van der Waals surface area (Å²) in [6, 6.07) is 7.87. The Morgan fingerprint density at radius 1 is 0.750 bits per heavy atom. The number of fused-ring (bicyclic) bond motifs is 2. The normalized spacial score (nSPS) is 14.6. The van der Waals surface area contributed by atoms with E-state index < -0.39 is 12.2 Å². The Hall–Kier alpha value is -2.64. The van der Waals surface area contributed by atoms with Crippen LogP contribution < -0.4 is 9.47 Å². The van der Waals surface area contributed by atoms with Gasteiger partial charge in [-0.05, 0) is 12.8 Å². The lowest BCUT2D eigenvalue weighted by Gasteiger charge is -2.25. The average Bonchev–Trinajstić information content (AvgIpc) is 2.81. The molecule has 2 atom stereocenters. The van der Waals surface area contributed by atoms with Crippen molar-refractivity contribution < 1.29 is 29.2 Å². The van der Waals surface area contributed by atoms with Gasteiger partial charge in [0.1, 0.15) is 36.9 Å². The van der Waals surface area contributed by atoms with Gasteiger partial charge >= 0.3 is 0 Å². The molecular formula is C26H32O6. The Bertz CT molecular complexity index is 861. The molecule has 2 N–H and O–H groups in total. The fraction of sp³-hybridized carbons (Fsp3) is 0.385. The summed E-state index contributed by atoms with van der Waals surface area (Å²) in [5.74, 6) is 1.51. The van der Waals surface area contributed by atoms with Crippen molar-refractivity contribution in [2.24, 2.45) is 0 Å². The molecule has 0 bridgehead atoms. The third kappa shape index (κ3) is 6.20. The van der Waals surface area contributed by atoms with E-state index in [0.29, 0.717) is 26.1 Å². The first-order chi connectivity index (χ1) is 15.7. The number of hydrogen-bond donors (Lipinski definition) is 2. The van der Waals surface area contributed by atoms with Gasteiger partial charge in [0.15, 0.2) is 0 Å². The van der Waals surface area contributed by atoms with Crippen LogP contribution in [0.1, 0.15) is 11.1 Å². The van der Waals surface area contributed by atoms with Crippen LogP contribution in [0.3, 0.4) is 0 Å². The minimum Gasteiger partial charge on any atom is -0.490 e. The highest BCUT2D eigenvalue weighted by Crippen LogP contribution is 2.43. The van der Waals surface area contributed by atoms with Gasteiger partial charge in [-0.15, -0.1) is 13.2 Å². The van der Waals surface area contributed by atoms with Gasteiger partial charge in [0.2, 0.25) is 0 Å². The fourth-order valence-electron chi connectivity index (χ4n) is 3.67. The summed E-state index contributed by atoms with van der Waals surface area (Å²) >= 11 is 0. The molecule has 0 saturated carbocycles. The number of allylic oxidation sites excluding steroid dienone is 2. The Labute approximate surface area is 189 Å². The summed E-state index contributed by atoms with van der Waals surface area (Å²) in [5.41, 5.74) is 2.08. The van der Waals surface area contributed by atoms with E-state index >= 15 is 0 Å². The van der Waals surface area contributed by atoms with Gasteiger partial charge in [0, 0.05) is 21.9 Å². The number of rotatable bonds is 14. The van der Waals surface area contributed by atoms with Crippen LogP contribution in [0.25, 0.3) is 10.8 Å². The number of ether oxygens (including phenoxy) is 4. The molecule has 6 heteroatoms. The van der Waals surface area contributed by atoms with Crippen LogP contribution in [0.5, 0.6) is 11.5 Å². The van der Waals surface area contributed by atoms with Crippen molar-refractivity contribution in [1.29, 1.82) is 0 Å². The molecule has 1 aliphatic carbocycles. The molecule has 0 heterocycles. The van der Waals surface area contributed by atoms with Crippen molar-refractivity contribution >= 4 is 10.8 Å². The quantitative estimate of drug-likeness (QED) is 0.346. The maximum absolute atomic E-state index is 10.2. The molecule has 2 aromatic rings. The standard InChI is InChI=1S/C26H32O6/c1-3-13-29-15-19(27)17-31-25-21-9-5-7-11-23(21)26(24-12-8-6-10-22(24)25)32-18-20(28)16-30-14-4-2/h3-9,11,19-20,27-28H,1-2,10,12-18H2. The molecule has 0 amide bonds. The zero-order valence-corrected chi connectivity index (χ0v) is 18.4. The Kier molecular flexibility index (Phi) is 9.31. The van der Waals surface area contributed by atoms with E-state index in [1.807, 2.05) is 24.3 Å². The first-order valence-electron chi connectivity index (χ1n) is 10.9. The highest BCUT2D eigenvalue weighted by atomic mass is 16.5. The van der Waals surface area contributed by atoms with Gasteiger partial charge in [0.25, 0.3) is 0 Å². The summed E-state index contributed by atoms with van der Waals surface area (Å²) in [7, 11) is 0. The van der Waals surface area contributed by atoms with Crippen LogP contribution in [0.2, 0.25) is 0 Å². The van der Waals surface area contributed by atoms with Gasteiger partial charge in [-0.1, -0.05) is 48.6 Å². The second kappa shape index (κ2) is 12.4. The smallest absolute Gasteiger partial charge is 0.131 e. The van der Waals surface area contributed by atoms with Crippen LogP contribution >= 0.6 is 0 Å². The average molecular weight is 441 g/mol. The Balaban J connectivity index is 1.84. The maximum Gasteiger partial charge on any atom is 0.131 e. The topological polar surface area (TPSA) is 77.4 Å². The zero-order chi connectivity index (χ0) is 22.8. The second-order valence-electron chi connectivity index (χ2n) is 7.62. The molecule has 0 aliphatic heterocycles. The predicted octanol–water partition coefficient (Wildman–Crippen LogP) is 3.38. The molecular weight excluding hydrogens is 408 g/mol. The third-order valence-electron chi connectivity index (χ3n) is 5.07. The molecule has 0 saturated heterocycles. The van der Waals surface area contributed by atoms with Crippen molar-refractivity contribution in [2.75, 3.05) is 39.6 Å². The van der Waals surface area contributed by atoms with E-state index in [2.05, 4.69) is 25.3 Å². The summed E-state index contributed by atoms with van der Waals surface area (Å²) in [4.78, 5) is 0. The second-order valence-corrected chi connectivity index (χ2v) is 7.62. The lowest BCUT2D eigenvalue weighted by Crippen LogP contribution is -2.25. The first kappa shape index (κ1) is 24.0. The molecule has 1 aliphatic rings. The summed E-state index contributed by atoms with van der Waals surface area (Å²) < 4.78 is 22.9. The molecule has 32 heavy (non-hydrogen) atoms. The summed E-state index contributed by atoms with van der Waals surface area (Å²) in [6.45, 7) is 8.58. The Morgan fingerprint density at radius 2 is 1.19 bits per heavy atom. The highest BCUT2D eigenvalue weighted by Gasteiger charge is 2.23. The van der Waals surface area contributed by atoms with E-state index in [1.54, 1.807) is 12.2 Å². The van der Waals surface area contributed by atoms with Crippen LogP contribution in [0.15, 0.2) is 61.7 Å². The fourth-order valence-corrected chi connectivity index (χ4v) is 3.67. The van der Waals surface area contributed by atoms with E-state index in [9.17, 15) is 10.2 Å². The third-order valence-corrected chi connectivity index (χ3v) is 5.07. The van der Waals surface area contributed by atoms with Gasteiger partial charge in [-0.25, -0.2) is 0 Å². The van der Waals surface area contributed by atoms with Gasteiger partial charge in [0.05, 0.1) is 26.4 Å². The summed E-state index contributed by atoms with van der Waals surface area (Å²) in [6.07, 6.45) is 7.43. The minimum atomic E-state index is -0.745. The number of aliphatic hydroxyl groups is 2. The van der Waals surface area contributed by atoms with Crippen molar-refractivity contribution in [3.63, 3.8) is 0 Å². The number of benzene rings is 2. The van der Waals surface area contributed by atoms with E-state index in [0.717, 1.165) is 33.4 Å². The largest absolute Gasteiger partial charge is 0.490 e. The highest BCUT2D eigenvalue weighted by molar-refractivity contribution is 5.96. The van der Waals surface area contributed by atoms with Crippen molar-refractivity contribution in [3.8, 4) is 11.5 Å². The van der Waals surface area contributed by atoms with Crippen molar-refractivity contribution in [2.45, 2.75) is 25.0 Å². The molecule has 3 rings (SSSR count). The van der Waals surface area contributed by atoms with Crippen molar-refractivity contribution in [1.82, 2.24) is 0 Å². The Morgan fingerprint density at radius 3 is 1.59 bits per heavy atom. The van der Waals surface area contributed by atoms with E-state index in [-0.39, 0.29) is 26.4 Å². The SMILES string of the molecule is C=CCOCC(O)COc1c2c(c(OCC(O)COCC=C)c3ccccc13)CC=CC2. The molecule has 0 aromatic heterocycles. The summed E-state index contributed by atoms with van der Waals surface area (Å²) in [5, 5.41) is 22.3. The van der Waals surface area contributed by atoms with Crippen LogP contribution in [-0.4, -0.2) is 62.1 Å². The van der Waals surface area contributed by atoms with E-state index in [4.69, 9.17) is 18.9 Å². The van der Waals surface area contributed by atoms with Crippen molar-refractivity contribution in [3.05, 3.63) is 72.9 Å². The first-order valence-corrected chi connectivity index (χ1v) is 10.9. The molecule has 0 radical (unpaired) electrons. The van der Waals surface area contributed by atoms with Gasteiger partial charge < -0.3 is 29.2 Å². The van der Waals surface area contributed by atoms with Gasteiger partial charge in [-0.2, -0.15) is 0 Å². The van der Waals surface area contributed by atoms with Crippen LogP contribution in [-0.2, 0) is 22.3 Å². The monoisotopic (exact) mass is 440 g/mol. The van der Waals surface area contributed by atoms with Gasteiger partial charge in [-0.3, -0.25) is 0 Å². The molecule has 2 aromatic carbocycles. The maximum atomic E-state index is 10.2. The van der Waals surface area contributed by atoms with Crippen LogP contribution in [0, 0.1) is 0 Å². The molecule has 172 valence electrons. The van der Waals surface area contributed by atoms with E-state index in [1.165, 1.54) is 0 Å². The molecule has 0 fully saturated rings. The minimum absolute atomic E-state index is 0.122. The number of aliphatic hydroxyl groups excluding tert-OH is 2. The lowest BCUT2D eigenvalue weighted by atomic mass is 9.90. The number of hydrogen-bond acceptors (Lipinski definition) is 6. The van der Waals surface area contributed by atoms with Crippen LogP contribution in [0.4, 0.5) is 0 Å². The lowest BCUT2D eigenvalue weighted by molar-refractivity contribution is 0.0208. The molecule has 6 nitrogen and oxygen atoms in total. The molecule has 2 unspecified atom stereocenters. The molecule has 0 spiro atoms.